The summed E-state index contributed by atoms with van der Waals surface area (Å²) in [6.45, 7) is 9.76. The highest BCUT2D eigenvalue weighted by Crippen LogP contribution is 2.37. The summed E-state index contributed by atoms with van der Waals surface area (Å²) >= 11 is 2.37. The molecule has 0 heterocycles. The summed E-state index contributed by atoms with van der Waals surface area (Å²) in [5, 5.41) is 0. The number of hydrogen-bond donors (Lipinski definition) is 0. The summed E-state index contributed by atoms with van der Waals surface area (Å²) < 4.78 is 1.25. The van der Waals surface area contributed by atoms with Gasteiger partial charge in [-0.3, -0.25) is 0 Å². The van der Waals surface area contributed by atoms with E-state index >= 15 is 0 Å². The molecule has 0 radical (unpaired) electrons. The maximum atomic E-state index is 3.97. The largest absolute Gasteiger partial charge is 0.0991 e. The Bertz CT molecular complexity index is 613. The smallest absolute Gasteiger partial charge is 0.0142 e. The molecule has 1 aliphatic carbocycles. The van der Waals surface area contributed by atoms with Gasteiger partial charge in [0.05, 0.1) is 0 Å². The first-order chi connectivity index (χ1) is 9.21. The molecule has 0 saturated heterocycles. The minimum absolute atomic E-state index is 0.981. The Morgan fingerprint density at radius 2 is 2.00 bits per heavy atom. The lowest BCUT2D eigenvalue weighted by Gasteiger charge is -2.07. The van der Waals surface area contributed by atoms with Crippen LogP contribution < -0.4 is 0 Å². The number of allylic oxidation sites excluding steroid dienone is 7. The normalized spacial score (nSPS) is 14.4. The minimum atomic E-state index is 0.981. The fraction of sp³-hybridized carbons (Fsp3) is 0.111. The lowest BCUT2D eigenvalue weighted by atomic mass is 10.00. The van der Waals surface area contributed by atoms with Gasteiger partial charge in [0.15, 0.2) is 0 Å². The van der Waals surface area contributed by atoms with E-state index in [0.717, 1.165) is 6.42 Å². The van der Waals surface area contributed by atoms with Crippen molar-refractivity contribution in [3.8, 4) is 0 Å². The molecule has 0 amide bonds. The minimum Gasteiger partial charge on any atom is -0.0991 e. The van der Waals surface area contributed by atoms with Gasteiger partial charge in [-0.2, -0.15) is 0 Å². The highest BCUT2D eigenvalue weighted by atomic mass is 127. The van der Waals surface area contributed by atoms with Gasteiger partial charge >= 0.3 is 0 Å². The van der Waals surface area contributed by atoms with Crippen LogP contribution >= 0.6 is 22.6 Å². The first-order valence-electron chi connectivity index (χ1n) is 6.31. The molecule has 2 rings (SSSR count). The lowest BCUT2D eigenvalue weighted by Crippen LogP contribution is -1.91. The first kappa shape index (κ1) is 14.1. The van der Waals surface area contributed by atoms with Crippen molar-refractivity contribution in [2.45, 2.75) is 13.3 Å². The van der Waals surface area contributed by atoms with E-state index < -0.39 is 0 Å². The molecule has 0 N–H and O–H groups in total. The Morgan fingerprint density at radius 1 is 1.21 bits per heavy atom. The number of fused-ring (bicyclic) bond motifs is 1. The average Bonchev–Trinajstić information content (AvgIpc) is 2.73. The maximum absolute atomic E-state index is 3.97. The summed E-state index contributed by atoms with van der Waals surface area (Å²) in [7, 11) is 0. The van der Waals surface area contributed by atoms with Crippen LogP contribution in [-0.2, 0) is 6.42 Å². The van der Waals surface area contributed by atoms with Crippen molar-refractivity contribution in [2.75, 3.05) is 0 Å². The fourth-order valence-corrected chi connectivity index (χ4v) is 3.11. The van der Waals surface area contributed by atoms with Crippen molar-refractivity contribution in [2.24, 2.45) is 0 Å². The zero-order chi connectivity index (χ0) is 13.8. The molecule has 0 atom stereocenters. The molecular formula is C18H17I. The van der Waals surface area contributed by atoms with E-state index in [0.29, 0.717) is 0 Å². The fourth-order valence-electron chi connectivity index (χ4n) is 2.47. The quantitative estimate of drug-likeness (QED) is 0.487. The van der Waals surface area contributed by atoms with Crippen LogP contribution in [-0.4, -0.2) is 0 Å². The second-order valence-electron chi connectivity index (χ2n) is 4.44. The second kappa shape index (κ2) is 6.20. The molecule has 0 aromatic heterocycles. The summed E-state index contributed by atoms with van der Waals surface area (Å²) in [6.07, 6.45) is 13.2. The molecule has 0 saturated carbocycles. The molecule has 1 aromatic rings. The van der Waals surface area contributed by atoms with Gasteiger partial charge in [0.1, 0.15) is 0 Å². The Labute approximate surface area is 129 Å². The van der Waals surface area contributed by atoms with Gasteiger partial charge in [0, 0.05) is 3.57 Å². The topological polar surface area (TPSA) is 0 Å². The summed E-state index contributed by atoms with van der Waals surface area (Å²) in [5.74, 6) is 0. The van der Waals surface area contributed by atoms with Gasteiger partial charge in [0.2, 0.25) is 0 Å². The van der Waals surface area contributed by atoms with Crippen LogP contribution in [0.5, 0.6) is 0 Å². The van der Waals surface area contributed by atoms with Crippen molar-refractivity contribution >= 4 is 34.2 Å². The van der Waals surface area contributed by atoms with Crippen LogP contribution in [0.2, 0.25) is 0 Å². The molecule has 0 nitrogen and oxygen atoms in total. The molecule has 1 aromatic carbocycles. The van der Waals surface area contributed by atoms with Gasteiger partial charge in [-0.1, -0.05) is 49.6 Å². The molecule has 0 aliphatic heterocycles. The Kier molecular flexibility index (Phi) is 4.59. The van der Waals surface area contributed by atoms with Gasteiger partial charge in [0.25, 0.3) is 0 Å². The zero-order valence-electron chi connectivity index (χ0n) is 11.1. The summed E-state index contributed by atoms with van der Waals surface area (Å²) in [4.78, 5) is 0. The summed E-state index contributed by atoms with van der Waals surface area (Å²) in [5.41, 5.74) is 6.60. The van der Waals surface area contributed by atoms with E-state index in [-0.39, 0.29) is 0 Å². The molecule has 0 spiro atoms. The van der Waals surface area contributed by atoms with Crippen molar-refractivity contribution in [1.82, 2.24) is 0 Å². The van der Waals surface area contributed by atoms with E-state index in [2.05, 4.69) is 73.0 Å². The van der Waals surface area contributed by atoms with Gasteiger partial charge in [-0.15, -0.1) is 0 Å². The van der Waals surface area contributed by atoms with E-state index in [1.807, 2.05) is 18.2 Å². The first-order valence-corrected chi connectivity index (χ1v) is 7.39. The van der Waals surface area contributed by atoms with Gasteiger partial charge in [-0.25, -0.2) is 0 Å². The van der Waals surface area contributed by atoms with Gasteiger partial charge < -0.3 is 0 Å². The van der Waals surface area contributed by atoms with Gasteiger partial charge in [-0.05, 0) is 75.9 Å². The van der Waals surface area contributed by atoms with Crippen LogP contribution in [0.25, 0.3) is 11.6 Å². The molecule has 0 bridgehead atoms. The molecule has 0 unspecified atom stereocenters. The molecular weight excluding hydrogens is 343 g/mol. The van der Waals surface area contributed by atoms with Crippen molar-refractivity contribution < 1.29 is 0 Å². The molecule has 1 heteroatoms. The highest BCUT2D eigenvalue weighted by molar-refractivity contribution is 14.1. The number of hydrogen-bond acceptors (Lipinski definition) is 0. The third kappa shape index (κ3) is 2.81. The van der Waals surface area contributed by atoms with Crippen LogP contribution in [0.1, 0.15) is 23.6 Å². The molecule has 19 heavy (non-hydrogen) atoms. The van der Waals surface area contributed by atoms with Crippen molar-refractivity contribution in [3.63, 3.8) is 0 Å². The molecule has 0 fully saturated rings. The highest BCUT2D eigenvalue weighted by Gasteiger charge is 2.20. The summed E-state index contributed by atoms with van der Waals surface area (Å²) in [6, 6.07) is 4.47. The number of benzene rings is 1. The predicted molar refractivity (Wildman–Crippen MR) is 94.0 cm³/mol. The molecule has 1 aliphatic rings. The standard InChI is InChI=1S/C18H17I/c1-4-7-9-14-10-15(19)12-18-16(6-3)13(8-5-2)11-17(14)18/h4-10,12H,1,3,11H2,2H3/b8-5-,9-7-. The van der Waals surface area contributed by atoms with E-state index in [1.54, 1.807) is 0 Å². The SMILES string of the molecule is C=C/C=C\c1cc(I)cc2c1CC(/C=C\C)=C2C=C. The molecule has 96 valence electrons. The van der Waals surface area contributed by atoms with E-state index in [4.69, 9.17) is 0 Å². The van der Waals surface area contributed by atoms with Crippen LogP contribution in [0.15, 0.2) is 61.2 Å². The van der Waals surface area contributed by atoms with Crippen molar-refractivity contribution in [1.29, 1.82) is 0 Å². The van der Waals surface area contributed by atoms with E-state index in [1.165, 1.54) is 31.4 Å². The third-order valence-corrected chi connectivity index (χ3v) is 3.86. The zero-order valence-corrected chi connectivity index (χ0v) is 13.3. The van der Waals surface area contributed by atoms with Crippen molar-refractivity contribution in [3.05, 3.63) is 81.5 Å². The Morgan fingerprint density at radius 3 is 2.63 bits per heavy atom. The average molecular weight is 360 g/mol. The number of halogens is 1. The monoisotopic (exact) mass is 360 g/mol. The third-order valence-electron chi connectivity index (χ3n) is 3.24. The second-order valence-corrected chi connectivity index (χ2v) is 5.68. The predicted octanol–water partition coefficient (Wildman–Crippen LogP) is 5.56. The van der Waals surface area contributed by atoms with Crippen LogP contribution in [0, 0.1) is 3.57 Å². The number of rotatable bonds is 4. The Balaban J connectivity index is 2.60. The van der Waals surface area contributed by atoms with Crippen LogP contribution in [0.3, 0.4) is 0 Å². The Hall–Kier alpha value is -1.35. The lowest BCUT2D eigenvalue weighted by molar-refractivity contribution is 1.23. The maximum Gasteiger partial charge on any atom is 0.0142 e. The van der Waals surface area contributed by atoms with Crippen LogP contribution in [0.4, 0.5) is 0 Å². The van der Waals surface area contributed by atoms with E-state index in [9.17, 15) is 0 Å².